The van der Waals surface area contributed by atoms with Crippen molar-refractivity contribution in [3.63, 3.8) is 0 Å². The first-order valence-corrected chi connectivity index (χ1v) is 13.3. The molecule has 4 nitrogen and oxygen atoms in total. The molecule has 0 N–H and O–H groups in total. The predicted octanol–water partition coefficient (Wildman–Crippen LogP) is 7.23. The smallest absolute Gasteiger partial charge is 0.168 e. The van der Waals surface area contributed by atoms with Crippen molar-refractivity contribution in [2.24, 2.45) is 4.99 Å². The van der Waals surface area contributed by atoms with E-state index in [0.29, 0.717) is 6.42 Å². The molecule has 2 heterocycles. The van der Waals surface area contributed by atoms with Gasteiger partial charge in [-0.25, -0.2) is 0 Å². The predicted molar refractivity (Wildman–Crippen MR) is 151 cm³/mol. The highest BCUT2D eigenvalue weighted by molar-refractivity contribution is 5.96. The molecule has 188 valence electrons. The standard InChI is InChI=1S/C33H34N2O2/c36-32(33(22-10-23-34-33)29-11-4-1-5-12-29)15-8-3-9-24-35-25-20-28(21-26-35)27-16-18-31(19-17-27)37-30-13-6-2-7-14-30/h1-2,4-7,10-14,16-20,22-23H,3,8-9,15,21,24-26H2. The Morgan fingerprint density at radius 3 is 2.27 bits per heavy atom. The SMILES string of the molecule is O=C(CCCCCN1CC=C(c2ccc(Oc3ccccc3)cc2)CC1)C1(c2ccccc2)C=CC=N1. The Labute approximate surface area is 220 Å². The van der Waals surface area contributed by atoms with Crippen molar-refractivity contribution >= 4 is 17.6 Å². The van der Waals surface area contributed by atoms with E-state index in [9.17, 15) is 4.79 Å². The van der Waals surface area contributed by atoms with Crippen LogP contribution in [-0.2, 0) is 10.3 Å². The number of benzene rings is 3. The van der Waals surface area contributed by atoms with Gasteiger partial charge in [0.2, 0.25) is 0 Å². The molecule has 0 radical (unpaired) electrons. The summed E-state index contributed by atoms with van der Waals surface area (Å²) < 4.78 is 5.91. The Morgan fingerprint density at radius 1 is 0.865 bits per heavy atom. The molecule has 2 aliphatic rings. The van der Waals surface area contributed by atoms with E-state index < -0.39 is 5.54 Å². The molecule has 0 saturated carbocycles. The van der Waals surface area contributed by atoms with Gasteiger partial charge in [-0.15, -0.1) is 0 Å². The highest BCUT2D eigenvalue weighted by atomic mass is 16.5. The molecule has 5 rings (SSSR count). The van der Waals surface area contributed by atoms with Gasteiger partial charge in [-0.1, -0.05) is 73.2 Å². The molecular formula is C33H34N2O2. The summed E-state index contributed by atoms with van der Waals surface area (Å²) in [5, 5.41) is 0. The fraction of sp³-hybridized carbons (Fsp3) is 0.273. The van der Waals surface area contributed by atoms with Crippen molar-refractivity contribution in [2.75, 3.05) is 19.6 Å². The van der Waals surface area contributed by atoms with E-state index in [1.807, 2.05) is 84.9 Å². The summed E-state index contributed by atoms with van der Waals surface area (Å²) >= 11 is 0. The minimum atomic E-state index is -0.818. The van der Waals surface area contributed by atoms with Crippen LogP contribution in [0.1, 0.15) is 43.2 Å². The van der Waals surface area contributed by atoms with Crippen molar-refractivity contribution in [1.29, 1.82) is 0 Å². The summed E-state index contributed by atoms with van der Waals surface area (Å²) in [5.74, 6) is 1.90. The minimum absolute atomic E-state index is 0.189. The molecule has 0 saturated heterocycles. The van der Waals surface area contributed by atoms with Crippen molar-refractivity contribution in [3.05, 3.63) is 114 Å². The number of hydrogen-bond acceptors (Lipinski definition) is 4. The first-order chi connectivity index (χ1) is 18.2. The van der Waals surface area contributed by atoms with E-state index in [1.165, 1.54) is 11.1 Å². The molecule has 2 aliphatic heterocycles. The van der Waals surface area contributed by atoms with Gasteiger partial charge < -0.3 is 4.74 Å². The number of rotatable bonds is 11. The van der Waals surface area contributed by atoms with Crippen LogP contribution in [0.3, 0.4) is 0 Å². The number of ketones is 1. The van der Waals surface area contributed by atoms with Crippen LogP contribution in [0.15, 0.2) is 108 Å². The number of hydrogen-bond donors (Lipinski definition) is 0. The molecular weight excluding hydrogens is 456 g/mol. The zero-order chi connectivity index (χ0) is 25.3. The average molecular weight is 491 g/mol. The van der Waals surface area contributed by atoms with E-state index in [1.54, 1.807) is 6.21 Å². The van der Waals surface area contributed by atoms with Gasteiger partial charge in [0.25, 0.3) is 0 Å². The molecule has 0 spiro atoms. The molecule has 0 fully saturated rings. The number of Topliss-reactive ketones (excluding diaryl/α,β-unsaturated/α-hetero) is 1. The minimum Gasteiger partial charge on any atom is -0.457 e. The fourth-order valence-corrected chi connectivity index (χ4v) is 5.10. The molecule has 3 aromatic rings. The molecule has 4 heteroatoms. The van der Waals surface area contributed by atoms with E-state index >= 15 is 0 Å². The lowest BCUT2D eigenvalue weighted by Gasteiger charge is -2.26. The van der Waals surface area contributed by atoms with E-state index in [0.717, 1.165) is 62.4 Å². The van der Waals surface area contributed by atoms with Gasteiger partial charge in [-0.3, -0.25) is 14.7 Å². The molecule has 0 aliphatic carbocycles. The maximum Gasteiger partial charge on any atom is 0.168 e. The van der Waals surface area contributed by atoms with Gasteiger partial charge in [-0.2, -0.15) is 0 Å². The second-order valence-electron chi connectivity index (χ2n) is 9.72. The highest BCUT2D eigenvalue weighted by Gasteiger charge is 2.37. The molecule has 3 aromatic carbocycles. The third kappa shape index (κ3) is 6.15. The average Bonchev–Trinajstić information content (AvgIpc) is 3.46. The number of aliphatic imine (C=N–C) groups is 1. The first-order valence-electron chi connectivity index (χ1n) is 13.3. The molecule has 0 amide bonds. The summed E-state index contributed by atoms with van der Waals surface area (Å²) in [7, 11) is 0. The van der Waals surface area contributed by atoms with E-state index in [-0.39, 0.29) is 5.78 Å². The number of carbonyl (C=O) groups is 1. The molecule has 1 unspecified atom stereocenters. The lowest BCUT2D eigenvalue weighted by molar-refractivity contribution is -0.122. The number of ether oxygens (including phenoxy) is 1. The molecule has 0 aromatic heterocycles. The van der Waals surface area contributed by atoms with Crippen LogP contribution in [0.5, 0.6) is 11.5 Å². The summed E-state index contributed by atoms with van der Waals surface area (Å²) in [6.07, 6.45) is 12.6. The lowest BCUT2D eigenvalue weighted by Crippen LogP contribution is -2.31. The van der Waals surface area contributed by atoms with Gasteiger partial charge in [-0.05, 0) is 78.9 Å². The van der Waals surface area contributed by atoms with Crippen LogP contribution >= 0.6 is 0 Å². The molecule has 37 heavy (non-hydrogen) atoms. The third-order valence-electron chi connectivity index (χ3n) is 7.22. The van der Waals surface area contributed by atoms with Crippen LogP contribution in [0.4, 0.5) is 0 Å². The summed E-state index contributed by atoms with van der Waals surface area (Å²) in [6, 6.07) is 28.2. The summed E-state index contributed by atoms with van der Waals surface area (Å²) in [6.45, 7) is 3.13. The van der Waals surface area contributed by atoms with Crippen LogP contribution < -0.4 is 4.74 Å². The van der Waals surface area contributed by atoms with Gasteiger partial charge >= 0.3 is 0 Å². The Balaban J connectivity index is 1.04. The van der Waals surface area contributed by atoms with Crippen molar-refractivity contribution in [2.45, 2.75) is 37.6 Å². The zero-order valence-electron chi connectivity index (χ0n) is 21.3. The van der Waals surface area contributed by atoms with Gasteiger partial charge in [0.1, 0.15) is 11.5 Å². The maximum atomic E-state index is 13.1. The monoisotopic (exact) mass is 490 g/mol. The lowest BCUT2D eigenvalue weighted by atomic mass is 9.84. The second kappa shape index (κ2) is 12.0. The van der Waals surface area contributed by atoms with Crippen LogP contribution in [-0.4, -0.2) is 36.5 Å². The first kappa shape index (κ1) is 24.9. The van der Waals surface area contributed by atoms with Crippen LogP contribution in [0.25, 0.3) is 5.57 Å². The van der Waals surface area contributed by atoms with Gasteiger partial charge in [0, 0.05) is 25.7 Å². The van der Waals surface area contributed by atoms with Crippen molar-refractivity contribution in [3.8, 4) is 11.5 Å². The van der Waals surface area contributed by atoms with E-state index in [2.05, 4.69) is 28.1 Å². The third-order valence-corrected chi connectivity index (χ3v) is 7.22. The highest BCUT2D eigenvalue weighted by Crippen LogP contribution is 2.33. The van der Waals surface area contributed by atoms with Crippen molar-refractivity contribution in [1.82, 2.24) is 4.90 Å². The maximum absolute atomic E-state index is 13.1. The summed E-state index contributed by atoms with van der Waals surface area (Å²) in [5.41, 5.74) is 2.82. The normalized spacial score (nSPS) is 19.1. The Kier molecular flexibility index (Phi) is 8.07. The van der Waals surface area contributed by atoms with Crippen LogP contribution in [0, 0.1) is 0 Å². The topological polar surface area (TPSA) is 41.9 Å². The second-order valence-corrected chi connectivity index (χ2v) is 9.72. The number of unbranched alkanes of at least 4 members (excludes halogenated alkanes) is 2. The van der Waals surface area contributed by atoms with Gasteiger partial charge in [0.05, 0.1) is 0 Å². The zero-order valence-corrected chi connectivity index (χ0v) is 21.3. The quantitative estimate of drug-likeness (QED) is 0.266. The molecule has 1 atom stereocenters. The Hall–Kier alpha value is -3.76. The Bertz CT molecular complexity index is 1250. The summed E-state index contributed by atoms with van der Waals surface area (Å²) in [4.78, 5) is 20.2. The number of carbonyl (C=O) groups excluding carboxylic acids is 1. The number of allylic oxidation sites excluding steroid dienone is 1. The van der Waals surface area contributed by atoms with Gasteiger partial charge in [0.15, 0.2) is 11.3 Å². The largest absolute Gasteiger partial charge is 0.457 e. The fourth-order valence-electron chi connectivity index (χ4n) is 5.10. The van der Waals surface area contributed by atoms with Crippen molar-refractivity contribution < 1.29 is 9.53 Å². The number of para-hydroxylation sites is 1. The number of nitrogens with zero attached hydrogens (tertiary/aromatic N) is 2. The molecule has 0 bridgehead atoms. The van der Waals surface area contributed by atoms with Crippen LogP contribution in [0.2, 0.25) is 0 Å². The Morgan fingerprint density at radius 2 is 1.59 bits per heavy atom. The van der Waals surface area contributed by atoms with E-state index in [4.69, 9.17) is 4.74 Å².